The van der Waals surface area contributed by atoms with Gasteiger partial charge in [0.25, 0.3) is 0 Å². The number of rotatable bonds is 7. The predicted molar refractivity (Wildman–Crippen MR) is 87.8 cm³/mol. The van der Waals surface area contributed by atoms with Crippen LogP contribution in [0.3, 0.4) is 0 Å². The van der Waals surface area contributed by atoms with Crippen LogP contribution in [-0.2, 0) is 22.7 Å². The number of amides is 3. The molecule has 0 atom stereocenters. The second kappa shape index (κ2) is 9.15. The van der Waals surface area contributed by atoms with Crippen molar-refractivity contribution in [1.29, 1.82) is 0 Å². The van der Waals surface area contributed by atoms with E-state index in [0.29, 0.717) is 19.8 Å². The summed E-state index contributed by atoms with van der Waals surface area (Å²) in [5.41, 5.74) is 2.11. The molecule has 0 radical (unpaired) electrons. The number of hydrogen-bond donors (Lipinski definition) is 2. The van der Waals surface area contributed by atoms with Crippen molar-refractivity contribution in [3.63, 3.8) is 0 Å². The zero-order chi connectivity index (χ0) is 16.5. The van der Waals surface area contributed by atoms with Crippen molar-refractivity contribution in [2.24, 2.45) is 0 Å². The number of hydrogen-bond acceptors (Lipinski definition) is 3. The number of carbonyl (C=O) groups excluding carboxylic acids is 2. The van der Waals surface area contributed by atoms with Crippen LogP contribution in [0, 0.1) is 0 Å². The van der Waals surface area contributed by atoms with Crippen LogP contribution in [0.5, 0.6) is 0 Å². The maximum absolute atomic E-state index is 11.8. The van der Waals surface area contributed by atoms with E-state index in [-0.39, 0.29) is 18.5 Å². The lowest BCUT2D eigenvalue weighted by molar-refractivity contribution is -0.128. The van der Waals surface area contributed by atoms with E-state index in [1.54, 1.807) is 4.90 Å². The Morgan fingerprint density at radius 2 is 1.74 bits per heavy atom. The fourth-order valence-electron chi connectivity index (χ4n) is 2.45. The van der Waals surface area contributed by atoms with Crippen LogP contribution in [0.4, 0.5) is 4.79 Å². The monoisotopic (exact) mass is 319 g/mol. The van der Waals surface area contributed by atoms with Crippen LogP contribution in [0.1, 0.15) is 30.9 Å². The van der Waals surface area contributed by atoms with Gasteiger partial charge in [0.1, 0.15) is 0 Å². The predicted octanol–water partition coefficient (Wildman–Crippen LogP) is 1.64. The van der Waals surface area contributed by atoms with Gasteiger partial charge in [0, 0.05) is 26.2 Å². The summed E-state index contributed by atoms with van der Waals surface area (Å²) in [6, 6.07) is 7.58. The first-order valence-electron chi connectivity index (χ1n) is 8.14. The van der Waals surface area contributed by atoms with Crippen LogP contribution in [0.2, 0.25) is 0 Å². The van der Waals surface area contributed by atoms with E-state index in [0.717, 1.165) is 37.1 Å². The lowest BCUT2D eigenvalue weighted by atomic mass is 10.1. The molecule has 3 amide bonds. The molecule has 0 aromatic heterocycles. The summed E-state index contributed by atoms with van der Waals surface area (Å²) in [5.74, 6) is -0.0158. The Bertz CT molecular complexity index is 510. The molecule has 1 aromatic carbocycles. The fourth-order valence-corrected chi connectivity index (χ4v) is 2.45. The third-order valence-corrected chi connectivity index (χ3v) is 3.81. The Morgan fingerprint density at radius 3 is 2.39 bits per heavy atom. The van der Waals surface area contributed by atoms with Crippen molar-refractivity contribution in [2.45, 2.75) is 32.9 Å². The molecule has 1 aromatic rings. The van der Waals surface area contributed by atoms with Crippen LogP contribution in [0.15, 0.2) is 24.3 Å². The van der Waals surface area contributed by atoms with E-state index < -0.39 is 0 Å². The van der Waals surface area contributed by atoms with Gasteiger partial charge in [-0.1, -0.05) is 24.3 Å². The molecule has 0 aliphatic carbocycles. The van der Waals surface area contributed by atoms with Crippen molar-refractivity contribution >= 4 is 11.9 Å². The highest BCUT2D eigenvalue weighted by Gasteiger charge is 2.17. The van der Waals surface area contributed by atoms with Gasteiger partial charge >= 0.3 is 6.03 Å². The van der Waals surface area contributed by atoms with E-state index in [4.69, 9.17) is 4.74 Å². The maximum Gasteiger partial charge on any atom is 0.315 e. The molecule has 0 saturated carbocycles. The fraction of sp³-hybridized carbons (Fsp3) is 0.529. The molecule has 23 heavy (non-hydrogen) atoms. The standard InChI is InChI=1S/C17H25N3O3/c1-2-23-13-15-7-5-14(6-8-15)11-18-17(22)19-12-16(21)20-9-3-4-10-20/h5-8H,2-4,9-13H2,1H3,(H2,18,19,22). The Morgan fingerprint density at radius 1 is 1.09 bits per heavy atom. The normalized spacial score (nSPS) is 13.9. The zero-order valence-corrected chi connectivity index (χ0v) is 13.6. The lowest BCUT2D eigenvalue weighted by Crippen LogP contribution is -2.42. The minimum absolute atomic E-state index is 0.0158. The van der Waals surface area contributed by atoms with Gasteiger partial charge in [-0.2, -0.15) is 0 Å². The topological polar surface area (TPSA) is 70.7 Å². The number of nitrogens with one attached hydrogen (secondary N) is 2. The van der Waals surface area contributed by atoms with Gasteiger partial charge in [-0.05, 0) is 30.9 Å². The summed E-state index contributed by atoms with van der Waals surface area (Å²) in [4.78, 5) is 25.3. The van der Waals surface area contributed by atoms with Gasteiger partial charge in [0.2, 0.25) is 5.91 Å². The molecule has 1 fully saturated rings. The van der Waals surface area contributed by atoms with Crippen molar-refractivity contribution < 1.29 is 14.3 Å². The van der Waals surface area contributed by atoms with Gasteiger partial charge in [0.15, 0.2) is 0 Å². The van der Waals surface area contributed by atoms with E-state index in [9.17, 15) is 9.59 Å². The first-order valence-corrected chi connectivity index (χ1v) is 8.14. The van der Waals surface area contributed by atoms with Crippen LogP contribution < -0.4 is 10.6 Å². The smallest absolute Gasteiger partial charge is 0.315 e. The Kier molecular flexibility index (Phi) is 6.87. The second-order valence-corrected chi connectivity index (χ2v) is 5.58. The van der Waals surface area contributed by atoms with E-state index in [1.165, 1.54) is 0 Å². The first-order chi connectivity index (χ1) is 11.2. The molecule has 2 N–H and O–H groups in total. The summed E-state index contributed by atoms with van der Waals surface area (Å²) in [6.45, 7) is 5.35. The van der Waals surface area contributed by atoms with Crippen LogP contribution in [0.25, 0.3) is 0 Å². The van der Waals surface area contributed by atoms with Gasteiger partial charge < -0.3 is 20.3 Å². The summed E-state index contributed by atoms with van der Waals surface area (Å²) in [5, 5.41) is 5.36. The third kappa shape index (κ3) is 5.90. The molecule has 6 nitrogen and oxygen atoms in total. The van der Waals surface area contributed by atoms with Gasteiger partial charge in [-0.3, -0.25) is 4.79 Å². The van der Waals surface area contributed by atoms with Gasteiger partial charge in [0.05, 0.1) is 13.2 Å². The largest absolute Gasteiger partial charge is 0.377 e. The quantitative estimate of drug-likeness (QED) is 0.803. The Labute approximate surface area is 137 Å². The van der Waals surface area contributed by atoms with Gasteiger partial charge in [-0.25, -0.2) is 4.79 Å². The average Bonchev–Trinajstić information content (AvgIpc) is 3.11. The number of likely N-dealkylation sites (tertiary alicyclic amines) is 1. The number of ether oxygens (including phenoxy) is 1. The molecular formula is C17H25N3O3. The average molecular weight is 319 g/mol. The first kappa shape index (κ1) is 17.3. The van der Waals surface area contributed by atoms with E-state index >= 15 is 0 Å². The summed E-state index contributed by atoms with van der Waals surface area (Å²) >= 11 is 0. The Balaban J connectivity index is 1.66. The van der Waals surface area contributed by atoms with Gasteiger partial charge in [-0.15, -0.1) is 0 Å². The van der Waals surface area contributed by atoms with E-state index in [2.05, 4.69) is 10.6 Å². The molecule has 1 heterocycles. The SMILES string of the molecule is CCOCc1ccc(CNC(=O)NCC(=O)N2CCCC2)cc1. The lowest BCUT2D eigenvalue weighted by Gasteiger charge is -2.15. The van der Waals surface area contributed by atoms with Crippen molar-refractivity contribution in [2.75, 3.05) is 26.2 Å². The molecule has 1 aliphatic rings. The van der Waals surface area contributed by atoms with Crippen molar-refractivity contribution in [3.05, 3.63) is 35.4 Å². The summed E-state index contributed by atoms with van der Waals surface area (Å²) in [7, 11) is 0. The second-order valence-electron chi connectivity index (χ2n) is 5.58. The minimum Gasteiger partial charge on any atom is -0.377 e. The molecule has 6 heteroatoms. The summed E-state index contributed by atoms with van der Waals surface area (Å²) in [6.07, 6.45) is 2.11. The molecule has 0 spiro atoms. The number of benzene rings is 1. The van der Waals surface area contributed by atoms with Crippen molar-refractivity contribution in [1.82, 2.24) is 15.5 Å². The molecule has 126 valence electrons. The number of carbonyl (C=O) groups is 2. The zero-order valence-electron chi connectivity index (χ0n) is 13.6. The highest BCUT2D eigenvalue weighted by atomic mass is 16.5. The Hall–Kier alpha value is -2.08. The summed E-state index contributed by atoms with van der Waals surface area (Å²) < 4.78 is 5.34. The molecule has 2 rings (SSSR count). The molecule has 1 saturated heterocycles. The molecule has 0 bridgehead atoms. The van der Waals surface area contributed by atoms with Crippen molar-refractivity contribution in [3.8, 4) is 0 Å². The van der Waals surface area contributed by atoms with E-state index in [1.807, 2.05) is 31.2 Å². The minimum atomic E-state index is -0.323. The molecule has 1 aliphatic heterocycles. The van der Waals surface area contributed by atoms with Crippen LogP contribution in [-0.4, -0.2) is 43.1 Å². The number of nitrogens with zero attached hydrogens (tertiary/aromatic N) is 1. The number of urea groups is 1. The maximum atomic E-state index is 11.8. The molecule has 0 unspecified atom stereocenters. The molecular weight excluding hydrogens is 294 g/mol. The van der Waals surface area contributed by atoms with Crippen LogP contribution >= 0.6 is 0 Å². The highest BCUT2D eigenvalue weighted by molar-refractivity contribution is 5.84. The third-order valence-electron chi connectivity index (χ3n) is 3.81. The highest BCUT2D eigenvalue weighted by Crippen LogP contribution is 2.07.